The number of aryl methyl sites for hydroxylation is 2. The molecular weight excluding hydrogens is 434 g/mol. The summed E-state index contributed by atoms with van der Waals surface area (Å²) in [5.74, 6) is -0.162. The normalized spacial score (nSPS) is 12.8. The van der Waals surface area contributed by atoms with E-state index in [1.54, 1.807) is 0 Å². The van der Waals surface area contributed by atoms with E-state index < -0.39 is 0 Å². The molecule has 2 N–H and O–H groups in total. The minimum atomic E-state index is -0.210. The van der Waals surface area contributed by atoms with Crippen LogP contribution in [0.1, 0.15) is 39.3 Å². The Kier molecular flexibility index (Phi) is 5.51. The van der Waals surface area contributed by atoms with Crippen LogP contribution in [0.2, 0.25) is 0 Å². The summed E-state index contributed by atoms with van der Waals surface area (Å²) in [6, 6.07) is 16.0. The van der Waals surface area contributed by atoms with Gasteiger partial charge in [0.15, 0.2) is 5.13 Å². The van der Waals surface area contributed by atoms with Gasteiger partial charge in [0.1, 0.15) is 0 Å². The molecule has 7 nitrogen and oxygen atoms in total. The SMILES string of the molecule is Cc1nn(Cc2ccccc2)c(C)c1C(=O)Nc1nc(-c2ccc3c(c2)CCC(=O)N3)cs1. The van der Waals surface area contributed by atoms with Gasteiger partial charge in [-0.1, -0.05) is 36.4 Å². The number of thiazole rings is 1. The molecule has 0 fully saturated rings. The molecule has 0 aliphatic carbocycles. The van der Waals surface area contributed by atoms with Crippen molar-refractivity contribution in [2.24, 2.45) is 0 Å². The molecule has 3 heterocycles. The third-order valence-electron chi connectivity index (χ3n) is 5.80. The molecule has 0 spiro atoms. The molecule has 5 rings (SSSR count). The van der Waals surface area contributed by atoms with Crippen LogP contribution in [-0.2, 0) is 17.8 Å². The van der Waals surface area contributed by atoms with Gasteiger partial charge in [-0.3, -0.25) is 19.6 Å². The molecule has 2 aromatic carbocycles. The van der Waals surface area contributed by atoms with Crippen LogP contribution < -0.4 is 10.6 Å². The van der Waals surface area contributed by atoms with E-state index in [4.69, 9.17) is 0 Å². The molecule has 166 valence electrons. The molecule has 8 heteroatoms. The highest BCUT2D eigenvalue weighted by atomic mass is 32.1. The molecular formula is C25H23N5O2S. The summed E-state index contributed by atoms with van der Waals surface area (Å²) < 4.78 is 1.86. The molecule has 2 aromatic heterocycles. The summed E-state index contributed by atoms with van der Waals surface area (Å²) in [4.78, 5) is 29.2. The van der Waals surface area contributed by atoms with Crippen molar-refractivity contribution in [3.05, 3.63) is 82.0 Å². The van der Waals surface area contributed by atoms with Gasteiger partial charge in [-0.2, -0.15) is 5.10 Å². The molecule has 0 radical (unpaired) electrons. The monoisotopic (exact) mass is 457 g/mol. The Morgan fingerprint density at radius 3 is 2.79 bits per heavy atom. The number of nitrogens with one attached hydrogen (secondary N) is 2. The Labute approximate surface area is 195 Å². The summed E-state index contributed by atoms with van der Waals surface area (Å²) >= 11 is 1.39. The van der Waals surface area contributed by atoms with Gasteiger partial charge in [-0.05, 0) is 43.5 Å². The zero-order chi connectivity index (χ0) is 22.9. The first-order valence-electron chi connectivity index (χ1n) is 10.8. The van der Waals surface area contributed by atoms with Crippen LogP contribution in [0, 0.1) is 13.8 Å². The largest absolute Gasteiger partial charge is 0.326 e. The molecule has 0 atom stereocenters. The molecule has 0 bridgehead atoms. The first kappa shape index (κ1) is 21.1. The van der Waals surface area contributed by atoms with Gasteiger partial charge in [-0.15, -0.1) is 11.3 Å². The van der Waals surface area contributed by atoms with Crippen molar-refractivity contribution in [2.75, 3.05) is 10.6 Å². The standard InChI is InChI=1S/C25H23N5O2S/c1-15-23(16(2)30(29-15)13-17-6-4-3-5-7-17)24(32)28-25-27-21(14-33-25)19-8-10-20-18(12-19)9-11-22(31)26-20/h3-8,10,12,14H,9,11,13H2,1-2H3,(H,26,31)(H,27,28,32). The van der Waals surface area contributed by atoms with Crippen molar-refractivity contribution in [3.8, 4) is 11.3 Å². The highest BCUT2D eigenvalue weighted by Gasteiger charge is 2.21. The number of fused-ring (bicyclic) bond motifs is 1. The smallest absolute Gasteiger partial charge is 0.261 e. The Hall–Kier alpha value is -3.78. The van der Waals surface area contributed by atoms with Crippen LogP contribution in [0.15, 0.2) is 53.9 Å². The molecule has 1 aliphatic rings. The summed E-state index contributed by atoms with van der Waals surface area (Å²) in [5, 5.41) is 12.9. The number of hydrogen-bond donors (Lipinski definition) is 2. The molecule has 1 aliphatic heterocycles. The van der Waals surface area contributed by atoms with E-state index in [-0.39, 0.29) is 11.8 Å². The fraction of sp³-hybridized carbons (Fsp3) is 0.200. The first-order valence-corrected chi connectivity index (χ1v) is 11.6. The summed E-state index contributed by atoms with van der Waals surface area (Å²) in [7, 11) is 0. The number of carbonyl (C=O) groups excluding carboxylic acids is 2. The number of carbonyl (C=O) groups is 2. The number of benzene rings is 2. The quantitative estimate of drug-likeness (QED) is 0.450. The highest BCUT2D eigenvalue weighted by Crippen LogP contribution is 2.31. The molecule has 2 amide bonds. The van der Waals surface area contributed by atoms with Crippen LogP contribution in [0.4, 0.5) is 10.8 Å². The van der Waals surface area contributed by atoms with Crippen LogP contribution >= 0.6 is 11.3 Å². The molecule has 0 saturated heterocycles. The zero-order valence-corrected chi connectivity index (χ0v) is 19.2. The maximum absolute atomic E-state index is 13.1. The van der Waals surface area contributed by atoms with Crippen LogP contribution in [0.3, 0.4) is 0 Å². The predicted molar refractivity (Wildman–Crippen MR) is 130 cm³/mol. The van der Waals surface area contributed by atoms with Crippen molar-refractivity contribution in [1.82, 2.24) is 14.8 Å². The van der Waals surface area contributed by atoms with E-state index in [0.29, 0.717) is 35.8 Å². The number of nitrogens with zero attached hydrogens (tertiary/aromatic N) is 3. The number of amides is 2. The predicted octanol–water partition coefficient (Wildman–Crippen LogP) is 4.81. The minimum absolute atomic E-state index is 0.0478. The number of hydrogen-bond acceptors (Lipinski definition) is 5. The van der Waals surface area contributed by atoms with Gasteiger partial charge in [0, 0.05) is 28.7 Å². The Morgan fingerprint density at radius 2 is 1.97 bits per heavy atom. The lowest BCUT2D eigenvalue weighted by Crippen LogP contribution is -2.18. The van der Waals surface area contributed by atoms with E-state index in [1.807, 2.05) is 66.4 Å². The highest BCUT2D eigenvalue weighted by molar-refractivity contribution is 7.14. The molecule has 0 saturated carbocycles. The maximum atomic E-state index is 13.1. The first-order chi connectivity index (χ1) is 16.0. The Balaban J connectivity index is 1.33. The topological polar surface area (TPSA) is 88.9 Å². The fourth-order valence-corrected chi connectivity index (χ4v) is 4.82. The van der Waals surface area contributed by atoms with Crippen molar-refractivity contribution >= 4 is 34.0 Å². The Morgan fingerprint density at radius 1 is 1.15 bits per heavy atom. The molecule has 4 aromatic rings. The van der Waals surface area contributed by atoms with Crippen LogP contribution in [-0.4, -0.2) is 26.6 Å². The van der Waals surface area contributed by atoms with Gasteiger partial charge in [-0.25, -0.2) is 4.98 Å². The number of aromatic nitrogens is 3. The molecule has 0 unspecified atom stereocenters. The Bertz CT molecular complexity index is 1360. The average Bonchev–Trinajstić information content (AvgIpc) is 3.38. The minimum Gasteiger partial charge on any atom is -0.326 e. The lowest BCUT2D eigenvalue weighted by atomic mass is 9.99. The molecule has 33 heavy (non-hydrogen) atoms. The van der Waals surface area contributed by atoms with Crippen molar-refractivity contribution in [2.45, 2.75) is 33.2 Å². The second-order valence-corrected chi connectivity index (χ2v) is 8.96. The third-order valence-corrected chi connectivity index (χ3v) is 6.56. The van der Waals surface area contributed by atoms with Gasteiger partial charge in [0.2, 0.25) is 5.91 Å². The van der Waals surface area contributed by atoms with Crippen LogP contribution in [0.5, 0.6) is 0 Å². The van der Waals surface area contributed by atoms with E-state index in [2.05, 4.69) is 26.8 Å². The van der Waals surface area contributed by atoms with E-state index >= 15 is 0 Å². The lowest BCUT2D eigenvalue weighted by Gasteiger charge is -2.17. The second-order valence-electron chi connectivity index (χ2n) is 8.10. The number of rotatable bonds is 5. The van der Waals surface area contributed by atoms with E-state index in [9.17, 15) is 9.59 Å². The summed E-state index contributed by atoms with van der Waals surface area (Å²) in [5.41, 5.74) is 6.93. The maximum Gasteiger partial charge on any atom is 0.261 e. The van der Waals surface area contributed by atoms with Gasteiger partial charge >= 0.3 is 0 Å². The van der Waals surface area contributed by atoms with Crippen molar-refractivity contribution in [3.63, 3.8) is 0 Å². The van der Waals surface area contributed by atoms with Crippen molar-refractivity contribution < 1.29 is 9.59 Å². The summed E-state index contributed by atoms with van der Waals surface area (Å²) in [6.07, 6.45) is 1.21. The summed E-state index contributed by atoms with van der Waals surface area (Å²) in [6.45, 7) is 4.38. The van der Waals surface area contributed by atoms with Gasteiger partial charge in [0.05, 0.1) is 23.5 Å². The van der Waals surface area contributed by atoms with Gasteiger partial charge in [0.25, 0.3) is 5.91 Å². The van der Waals surface area contributed by atoms with Gasteiger partial charge < -0.3 is 5.32 Å². The fourth-order valence-electron chi connectivity index (χ4n) is 4.10. The van der Waals surface area contributed by atoms with Crippen LogP contribution in [0.25, 0.3) is 11.3 Å². The lowest BCUT2D eigenvalue weighted by molar-refractivity contribution is -0.116. The average molecular weight is 458 g/mol. The number of anilines is 2. The zero-order valence-electron chi connectivity index (χ0n) is 18.4. The van der Waals surface area contributed by atoms with E-state index in [0.717, 1.165) is 33.8 Å². The second kappa shape index (κ2) is 8.63. The van der Waals surface area contributed by atoms with Crippen molar-refractivity contribution in [1.29, 1.82) is 0 Å². The van der Waals surface area contributed by atoms with E-state index in [1.165, 1.54) is 11.3 Å². The third kappa shape index (κ3) is 4.29.